The molecule has 0 fully saturated rings. The molecule has 0 saturated carbocycles. The molecule has 0 N–H and O–H groups in total. The molecule has 5 aromatic carbocycles. The second-order valence-corrected chi connectivity index (χ2v) is 24.7. The number of nitrogens with zero attached hydrogens (tertiary/aromatic N) is 3. The predicted octanol–water partition coefficient (Wildman–Crippen LogP) is 13.7. The summed E-state index contributed by atoms with van der Waals surface area (Å²) in [5.74, 6) is 0.833. The molecule has 1 radical (unpaired) electrons. The van der Waals surface area contributed by atoms with Crippen LogP contribution in [-0.2, 0) is 37.4 Å². The number of hydrogen-bond acceptors (Lipinski definition) is 3. The van der Waals surface area contributed by atoms with Crippen molar-refractivity contribution in [1.29, 1.82) is 0 Å². The first-order valence-corrected chi connectivity index (χ1v) is 23.7. The summed E-state index contributed by atoms with van der Waals surface area (Å²) in [5.41, 5.74) is 12.4. The number of hydrogen-bond donors (Lipinski definition) is 0. The molecule has 0 aliphatic carbocycles. The van der Waals surface area contributed by atoms with Crippen molar-refractivity contribution in [2.24, 2.45) is 5.41 Å². The maximum absolute atomic E-state index is 6.30. The third-order valence-corrected chi connectivity index (χ3v) is 12.6. The molecule has 6 heteroatoms. The topological polar surface area (TPSA) is 43.9 Å². The third kappa shape index (κ3) is 9.15. The van der Waals surface area contributed by atoms with Crippen LogP contribution in [0.5, 0.6) is 0 Å². The fourth-order valence-corrected chi connectivity index (χ4v) is 9.12. The molecule has 0 aliphatic rings. The van der Waals surface area contributed by atoms with Crippen LogP contribution in [0, 0.1) is 17.5 Å². The molecule has 4 nitrogen and oxygen atoms in total. The van der Waals surface area contributed by atoms with E-state index in [1.165, 1.54) is 21.9 Å². The second-order valence-electron chi connectivity index (χ2n) is 19.7. The largest absolute Gasteiger partial charge is 0.501 e. The minimum absolute atomic E-state index is 0. The van der Waals surface area contributed by atoms with Crippen LogP contribution in [-0.4, -0.2) is 22.6 Å². The van der Waals surface area contributed by atoms with Crippen LogP contribution in [0.25, 0.3) is 61.3 Å². The van der Waals surface area contributed by atoms with E-state index in [-0.39, 0.29) is 36.4 Å². The van der Waals surface area contributed by atoms with Gasteiger partial charge < -0.3 is 14.0 Å². The fraction of sp³-hybridized carbons (Fsp3) is 0.308. The van der Waals surface area contributed by atoms with Gasteiger partial charge in [0.05, 0.1) is 30.5 Å². The summed E-state index contributed by atoms with van der Waals surface area (Å²) in [4.78, 5) is 9.86. The zero-order chi connectivity index (χ0) is 40.9. The number of furan rings is 1. The molecule has 58 heavy (non-hydrogen) atoms. The van der Waals surface area contributed by atoms with Crippen molar-refractivity contribution in [3.05, 3.63) is 144 Å². The van der Waals surface area contributed by atoms with Gasteiger partial charge in [-0.15, -0.1) is 53.6 Å². The van der Waals surface area contributed by atoms with Gasteiger partial charge in [-0.05, 0) is 69.4 Å². The summed E-state index contributed by atoms with van der Waals surface area (Å²) in [6, 6.07) is 44.8. The van der Waals surface area contributed by atoms with Crippen LogP contribution < -0.4 is 5.19 Å². The molecule has 0 aliphatic heterocycles. The number of rotatable bonds is 5. The summed E-state index contributed by atoms with van der Waals surface area (Å²) in [6.45, 7) is 27.6. The number of pyridine rings is 1. The van der Waals surface area contributed by atoms with E-state index in [0.29, 0.717) is 0 Å². The monoisotopic (exact) mass is 960 g/mol. The maximum Gasteiger partial charge on any atom is 0.120 e. The SMILES string of the molecule is CC(C)(C)Cc1cc(-c2[c-]ccc(C(C)(C)C)c2)ncc1[Si](C)(C)C.CC(C)(C)c1ccc(-n2c(-c3[c-]ccc4c3oc3ccccc34)nc3ccccc32)cc1.[Ir]. The molecule has 0 bridgehead atoms. The first kappa shape index (κ1) is 43.0. The van der Waals surface area contributed by atoms with E-state index < -0.39 is 8.07 Å². The molecule has 8 aromatic rings. The van der Waals surface area contributed by atoms with Gasteiger partial charge in [0.1, 0.15) is 5.58 Å². The Morgan fingerprint density at radius 2 is 1.34 bits per heavy atom. The summed E-state index contributed by atoms with van der Waals surface area (Å²) in [5, 5.41) is 3.67. The number of aromatic nitrogens is 3. The number of benzene rings is 5. The molecule has 0 unspecified atom stereocenters. The van der Waals surface area contributed by atoms with E-state index in [9.17, 15) is 0 Å². The summed E-state index contributed by atoms with van der Waals surface area (Å²) in [6.07, 6.45) is 3.22. The van der Waals surface area contributed by atoms with E-state index in [1.54, 1.807) is 0 Å². The zero-order valence-electron chi connectivity index (χ0n) is 36.3. The molecular weight excluding hydrogens is 903 g/mol. The van der Waals surface area contributed by atoms with Crippen molar-refractivity contribution in [2.75, 3.05) is 0 Å². The smallest absolute Gasteiger partial charge is 0.120 e. The van der Waals surface area contributed by atoms with E-state index in [1.807, 2.05) is 36.4 Å². The average molecular weight is 960 g/mol. The van der Waals surface area contributed by atoms with Crippen LogP contribution in [0.4, 0.5) is 0 Å². The minimum Gasteiger partial charge on any atom is -0.501 e. The summed E-state index contributed by atoms with van der Waals surface area (Å²) >= 11 is 0. The molecule has 8 rings (SSSR count). The fourth-order valence-electron chi connectivity index (χ4n) is 7.54. The van der Waals surface area contributed by atoms with Crippen LogP contribution in [0.2, 0.25) is 19.6 Å². The molecule has 301 valence electrons. The molecule has 0 atom stereocenters. The standard InChI is InChI=1S/C29H23N2O.C23H34NSi.Ir/c1-29(2,3)19-15-17-20(18-16-19)31-25-13-6-5-12-24(25)30-28(31)23-11-8-10-22-21-9-4-7-14-26(21)32-27(22)23;1-22(2,3)15-18-14-20(24-16-21(18)25(7,8)9)17-11-10-12-19(13-17)23(4,5)6;/h4-10,12-18H,1-3H3;10,12-14,16H,15H2,1-9H3;/q2*-1;. The van der Waals surface area contributed by atoms with Crippen molar-refractivity contribution < 1.29 is 24.5 Å². The van der Waals surface area contributed by atoms with Gasteiger partial charge in [-0.3, -0.25) is 4.98 Å². The Morgan fingerprint density at radius 3 is 2.02 bits per heavy atom. The Hall–Kier alpha value is -4.61. The van der Waals surface area contributed by atoms with Gasteiger partial charge >= 0.3 is 0 Å². The number of para-hydroxylation sites is 3. The zero-order valence-corrected chi connectivity index (χ0v) is 39.7. The van der Waals surface area contributed by atoms with Gasteiger partial charge in [-0.25, -0.2) is 0 Å². The Labute approximate surface area is 360 Å². The summed E-state index contributed by atoms with van der Waals surface area (Å²) < 4.78 is 8.51. The molecule has 3 aromatic heterocycles. The Bertz CT molecular complexity index is 2690. The summed E-state index contributed by atoms with van der Waals surface area (Å²) in [7, 11) is -1.42. The van der Waals surface area contributed by atoms with Crippen molar-refractivity contribution in [3.8, 4) is 28.3 Å². The van der Waals surface area contributed by atoms with Crippen molar-refractivity contribution in [3.63, 3.8) is 0 Å². The van der Waals surface area contributed by atoms with Crippen LogP contribution >= 0.6 is 0 Å². The normalized spacial score (nSPS) is 12.4. The maximum atomic E-state index is 6.30. The molecule has 3 heterocycles. The average Bonchev–Trinajstić information content (AvgIpc) is 3.72. The van der Waals surface area contributed by atoms with Gasteiger partial charge in [0.15, 0.2) is 0 Å². The molecule has 0 saturated heterocycles. The molecule has 0 amide bonds. The van der Waals surface area contributed by atoms with E-state index >= 15 is 0 Å². The Morgan fingerprint density at radius 1 is 0.690 bits per heavy atom. The van der Waals surface area contributed by atoms with E-state index in [2.05, 4.69) is 178 Å². The van der Waals surface area contributed by atoms with Gasteiger partial charge in [0, 0.05) is 37.4 Å². The second kappa shape index (κ2) is 16.2. The van der Waals surface area contributed by atoms with Crippen LogP contribution in [0.1, 0.15) is 79.0 Å². The molecule has 0 spiro atoms. The Balaban J connectivity index is 0.000000199. The Kier molecular flexibility index (Phi) is 12.0. The van der Waals surface area contributed by atoms with Gasteiger partial charge in [0.25, 0.3) is 0 Å². The van der Waals surface area contributed by atoms with Gasteiger partial charge in [-0.2, -0.15) is 0 Å². The van der Waals surface area contributed by atoms with Crippen LogP contribution in [0.3, 0.4) is 0 Å². The van der Waals surface area contributed by atoms with Crippen molar-refractivity contribution in [2.45, 2.75) is 99.2 Å². The minimum atomic E-state index is -1.42. The van der Waals surface area contributed by atoms with E-state index in [0.717, 1.165) is 67.7 Å². The van der Waals surface area contributed by atoms with Crippen molar-refractivity contribution in [1.82, 2.24) is 14.5 Å². The van der Waals surface area contributed by atoms with Gasteiger partial charge in [0.2, 0.25) is 0 Å². The van der Waals surface area contributed by atoms with Crippen molar-refractivity contribution >= 4 is 46.2 Å². The van der Waals surface area contributed by atoms with E-state index in [4.69, 9.17) is 14.4 Å². The third-order valence-electron chi connectivity index (χ3n) is 10.6. The van der Waals surface area contributed by atoms with Crippen LogP contribution in [0.15, 0.2) is 120 Å². The molecular formula is C52H57IrN3OSi-2. The quantitative estimate of drug-likeness (QED) is 0.128. The number of fused-ring (bicyclic) bond motifs is 4. The first-order chi connectivity index (χ1) is 26.8. The first-order valence-electron chi connectivity index (χ1n) is 20.2. The number of imidazole rings is 1. The van der Waals surface area contributed by atoms with Gasteiger partial charge in [-0.1, -0.05) is 147 Å². The predicted molar refractivity (Wildman–Crippen MR) is 245 cm³/mol.